The van der Waals surface area contributed by atoms with Crippen molar-refractivity contribution in [1.82, 2.24) is 4.98 Å². The molecule has 5 nitrogen and oxygen atoms in total. The van der Waals surface area contributed by atoms with Gasteiger partial charge < -0.3 is 14.5 Å². The van der Waals surface area contributed by atoms with Crippen LogP contribution in [0.3, 0.4) is 0 Å². The van der Waals surface area contributed by atoms with Crippen LogP contribution in [-0.4, -0.2) is 24.2 Å². The van der Waals surface area contributed by atoms with E-state index in [4.69, 9.17) is 9.47 Å². The molecule has 5 heteroatoms. The number of ether oxygens (including phenoxy) is 2. The summed E-state index contributed by atoms with van der Waals surface area (Å²) in [6, 6.07) is 10.5. The van der Waals surface area contributed by atoms with Crippen LogP contribution in [0, 0.1) is 11.8 Å². The van der Waals surface area contributed by atoms with Gasteiger partial charge in [-0.05, 0) is 13.0 Å². The third-order valence-electron chi connectivity index (χ3n) is 5.97. The Balaban J connectivity index is 1.68. The predicted molar refractivity (Wildman–Crippen MR) is 97.3 cm³/mol. The summed E-state index contributed by atoms with van der Waals surface area (Å²) in [5.41, 5.74) is 4.19. The first kappa shape index (κ1) is 15.4. The number of carbonyl (C=O) groups excluding carboxylic acids is 1. The van der Waals surface area contributed by atoms with E-state index < -0.39 is 0 Å². The fraction of sp³-hybridized carbons (Fsp3) is 0.333. The average Bonchev–Trinajstić information content (AvgIpc) is 3.06. The van der Waals surface area contributed by atoms with E-state index in [1.807, 2.05) is 6.07 Å². The van der Waals surface area contributed by atoms with Crippen LogP contribution in [0.15, 0.2) is 48.4 Å². The molecule has 3 atom stereocenters. The number of para-hydroxylation sites is 1. The molecule has 1 N–H and O–H groups in total. The first-order valence-corrected chi connectivity index (χ1v) is 9.03. The van der Waals surface area contributed by atoms with E-state index >= 15 is 0 Å². The molecule has 0 amide bonds. The van der Waals surface area contributed by atoms with Gasteiger partial charge in [0.15, 0.2) is 12.7 Å². The number of aromatic amines is 1. The fourth-order valence-electron chi connectivity index (χ4n) is 4.57. The zero-order valence-electron chi connectivity index (χ0n) is 14.9. The molecule has 2 unspecified atom stereocenters. The molecule has 0 aliphatic carbocycles. The molecule has 132 valence electrons. The number of methoxy groups -OCH3 is 1. The maximum Gasteiger partial charge on any atom is 0.337 e. The van der Waals surface area contributed by atoms with Gasteiger partial charge in [0.05, 0.1) is 24.9 Å². The third-order valence-corrected chi connectivity index (χ3v) is 5.97. The maximum absolute atomic E-state index is 12.3. The summed E-state index contributed by atoms with van der Waals surface area (Å²) in [5.74, 6) is 0.0841. The lowest BCUT2D eigenvalue weighted by molar-refractivity contribution is -0.717. The van der Waals surface area contributed by atoms with Crippen LogP contribution in [-0.2, 0) is 27.2 Å². The van der Waals surface area contributed by atoms with Crippen molar-refractivity contribution in [2.75, 3.05) is 7.11 Å². The number of H-pyrrole nitrogens is 1. The van der Waals surface area contributed by atoms with Crippen molar-refractivity contribution in [1.29, 1.82) is 0 Å². The van der Waals surface area contributed by atoms with Crippen molar-refractivity contribution in [3.63, 3.8) is 0 Å². The molecule has 0 spiro atoms. The standard InChI is InChI=1S/C21H20N2O3/c1-12-16-10-23-8-7-14-13-5-3-4-6-18(13)22-20(14)19(23)9-15(16)17(11-26-12)21(24)25-2/h3-8,11-12,15-16H,9-10H2,1-2H3/p+1/t12?,15-,16?/m1/s1. The van der Waals surface area contributed by atoms with Crippen LogP contribution in [0.25, 0.3) is 21.8 Å². The number of hydrogen-bond acceptors (Lipinski definition) is 3. The average molecular weight is 349 g/mol. The lowest BCUT2D eigenvalue weighted by Gasteiger charge is -2.36. The Hall–Kier alpha value is -2.82. The molecule has 1 aromatic carbocycles. The molecular weight excluding hydrogens is 328 g/mol. The number of nitrogens with zero attached hydrogens (tertiary/aromatic N) is 1. The Bertz CT molecular complexity index is 1070. The lowest BCUT2D eigenvalue weighted by atomic mass is 9.76. The molecular formula is C21H21N2O3+. The van der Waals surface area contributed by atoms with Crippen molar-refractivity contribution in [3.8, 4) is 0 Å². The number of rotatable bonds is 1. The van der Waals surface area contributed by atoms with E-state index in [-0.39, 0.29) is 23.9 Å². The summed E-state index contributed by atoms with van der Waals surface area (Å²) in [5, 5.41) is 2.46. The minimum Gasteiger partial charge on any atom is -0.497 e. The summed E-state index contributed by atoms with van der Waals surface area (Å²) in [4.78, 5) is 15.8. The fourth-order valence-corrected chi connectivity index (χ4v) is 4.57. The van der Waals surface area contributed by atoms with Crippen LogP contribution < -0.4 is 4.57 Å². The molecule has 2 aromatic heterocycles. The topological polar surface area (TPSA) is 55.2 Å². The van der Waals surface area contributed by atoms with Gasteiger partial charge in [0.2, 0.25) is 5.69 Å². The van der Waals surface area contributed by atoms with Crippen LogP contribution >= 0.6 is 0 Å². The van der Waals surface area contributed by atoms with E-state index in [1.165, 1.54) is 23.6 Å². The van der Waals surface area contributed by atoms with Crippen LogP contribution in [0.2, 0.25) is 0 Å². The molecule has 0 bridgehead atoms. The van der Waals surface area contributed by atoms with Gasteiger partial charge in [-0.3, -0.25) is 0 Å². The summed E-state index contributed by atoms with van der Waals surface area (Å²) < 4.78 is 13.0. The van der Waals surface area contributed by atoms with Crippen LogP contribution in [0.4, 0.5) is 0 Å². The van der Waals surface area contributed by atoms with Gasteiger partial charge in [-0.2, -0.15) is 0 Å². The summed E-state index contributed by atoms with van der Waals surface area (Å²) >= 11 is 0. The minimum absolute atomic E-state index is 0.0764. The first-order chi connectivity index (χ1) is 12.7. The van der Waals surface area contributed by atoms with Crippen LogP contribution in [0.5, 0.6) is 0 Å². The van der Waals surface area contributed by atoms with E-state index in [0.29, 0.717) is 5.57 Å². The molecule has 0 saturated heterocycles. The SMILES string of the molecule is COC(=O)C1=COC(C)C2C[n+]3ccc4c([nH]c5ccccc54)c3C[C@@H]12. The zero-order valence-corrected chi connectivity index (χ0v) is 14.9. The molecule has 0 radical (unpaired) electrons. The summed E-state index contributed by atoms with van der Waals surface area (Å²) in [6.45, 7) is 2.91. The van der Waals surface area contributed by atoms with Gasteiger partial charge in [-0.25, -0.2) is 9.36 Å². The maximum atomic E-state index is 12.3. The van der Waals surface area contributed by atoms with Gasteiger partial charge in [0.1, 0.15) is 11.6 Å². The molecule has 5 rings (SSSR count). The predicted octanol–water partition coefficient (Wildman–Crippen LogP) is 2.87. The molecule has 2 aliphatic rings. The first-order valence-electron chi connectivity index (χ1n) is 9.03. The highest BCUT2D eigenvalue weighted by atomic mass is 16.5. The normalized spacial score (nSPS) is 24.5. The monoisotopic (exact) mass is 349 g/mol. The van der Waals surface area contributed by atoms with Crippen molar-refractivity contribution in [2.24, 2.45) is 11.8 Å². The molecule has 3 aromatic rings. The minimum atomic E-state index is -0.288. The second-order valence-corrected chi connectivity index (χ2v) is 7.25. The highest BCUT2D eigenvalue weighted by Gasteiger charge is 2.45. The second-order valence-electron chi connectivity index (χ2n) is 7.25. The lowest BCUT2D eigenvalue weighted by Crippen LogP contribution is -2.53. The van der Waals surface area contributed by atoms with E-state index in [9.17, 15) is 4.79 Å². The number of benzene rings is 1. The third kappa shape index (κ3) is 2.09. The Labute approximate surface area is 151 Å². The molecule has 4 heterocycles. The molecule has 26 heavy (non-hydrogen) atoms. The van der Waals surface area contributed by atoms with Gasteiger partial charge in [-0.15, -0.1) is 0 Å². The molecule has 0 fully saturated rings. The number of pyridine rings is 1. The van der Waals surface area contributed by atoms with Gasteiger partial charge in [0, 0.05) is 34.7 Å². The Morgan fingerprint density at radius 1 is 1.27 bits per heavy atom. The quantitative estimate of drug-likeness (QED) is 0.543. The van der Waals surface area contributed by atoms with Gasteiger partial charge in [0.25, 0.3) is 0 Å². The van der Waals surface area contributed by atoms with Gasteiger partial charge in [-0.1, -0.05) is 18.2 Å². The number of nitrogens with one attached hydrogen (secondary N) is 1. The smallest absolute Gasteiger partial charge is 0.337 e. The zero-order chi connectivity index (χ0) is 17.8. The van der Waals surface area contributed by atoms with Crippen molar-refractivity contribution in [2.45, 2.75) is 26.0 Å². The Kier molecular flexibility index (Phi) is 3.32. The van der Waals surface area contributed by atoms with Crippen LogP contribution in [0.1, 0.15) is 12.6 Å². The summed E-state index contributed by atoms with van der Waals surface area (Å²) in [7, 11) is 1.43. The van der Waals surface area contributed by atoms with E-state index in [1.54, 1.807) is 6.26 Å². The second kappa shape index (κ2) is 5.59. The number of aromatic nitrogens is 2. The Morgan fingerprint density at radius 3 is 2.96 bits per heavy atom. The number of hydrogen-bond donors (Lipinski definition) is 1. The largest absolute Gasteiger partial charge is 0.497 e. The van der Waals surface area contributed by atoms with Crippen molar-refractivity contribution in [3.05, 3.63) is 54.1 Å². The Morgan fingerprint density at radius 2 is 2.12 bits per heavy atom. The number of carbonyl (C=O) groups is 1. The highest BCUT2D eigenvalue weighted by molar-refractivity contribution is 6.07. The molecule has 0 saturated carbocycles. The van der Waals surface area contributed by atoms with Crippen molar-refractivity contribution < 1.29 is 18.8 Å². The number of esters is 1. The molecule has 2 aliphatic heterocycles. The van der Waals surface area contributed by atoms with Gasteiger partial charge >= 0.3 is 5.97 Å². The highest BCUT2D eigenvalue weighted by Crippen LogP contribution is 2.38. The number of fused-ring (bicyclic) bond motifs is 6. The van der Waals surface area contributed by atoms with E-state index in [2.05, 4.69) is 46.9 Å². The summed E-state index contributed by atoms with van der Waals surface area (Å²) in [6.07, 6.45) is 4.64. The van der Waals surface area contributed by atoms with Crippen molar-refractivity contribution >= 4 is 27.8 Å². The van der Waals surface area contributed by atoms with E-state index in [0.717, 1.165) is 24.0 Å².